The second kappa shape index (κ2) is 17.7. The molecule has 0 saturated heterocycles. The predicted octanol–water partition coefficient (Wildman–Crippen LogP) is 18.6. The van der Waals surface area contributed by atoms with Crippen molar-refractivity contribution in [3.05, 3.63) is 270 Å². The molecular weight excluding hydrogens is 895 g/mol. The highest BCUT2D eigenvalue weighted by molar-refractivity contribution is 6.13. The molecule has 0 radical (unpaired) electrons. The zero-order valence-corrected chi connectivity index (χ0v) is 41.8. The molecule has 0 N–H and O–H groups in total. The fourth-order valence-electron chi connectivity index (χ4n) is 14.9. The number of rotatable bonds is 8. The van der Waals surface area contributed by atoms with Crippen LogP contribution in [-0.4, -0.2) is 0 Å². The largest absolute Gasteiger partial charge is 0.456 e. The number of hydrogen-bond acceptors (Lipinski definition) is 2. The Balaban J connectivity index is 1.01. The molecule has 2 heteroatoms. The first kappa shape index (κ1) is 44.3. The first-order valence-corrected chi connectivity index (χ1v) is 26.8. The maximum absolute atomic E-state index is 6.43. The maximum Gasteiger partial charge on any atom is 0.136 e. The normalized spacial score (nSPS) is 20.5. The molecule has 1 heterocycles. The van der Waals surface area contributed by atoms with E-state index in [1.165, 1.54) is 80.1 Å². The molecule has 3 aliphatic carbocycles. The van der Waals surface area contributed by atoms with Gasteiger partial charge in [-0.05, 0) is 147 Å². The van der Waals surface area contributed by atoms with E-state index in [1.807, 2.05) is 6.07 Å². The summed E-state index contributed by atoms with van der Waals surface area (Å²) in [6.07, 6.45) is 12.1. The van der Waals surface area contributed by atoms with Crippen molar-refractivity contribution < 1.29 is 4.42 Å². The SMILES string of the molecule is C#C[C@H]1C[C@@H]2C[C@@H](CC)C[C@H](C1)C21c2ccccc2C(c2ccccc2)(c2ccccc2)c2cc(N(c3ccc(-c4ccccc4-c4cccc5oc6ccccc6c45)cc3)c3cccc4ccccc34)ccc21. The minimum absolute atomic E-state index is 0.192. The van der Waals surface area contributed by atoms with Gasteiger partial charge in [0.05, 0.1) is 11.1 Å². The van der Waals surface area contributed by atoms with Crippen molar-refractivity contribution in [1.82, 2.24) is 0 Å². The van der Waals surface area contributed by atoms with E-state index in [0.717, 1.165) is 57.4 Å². The van der Waals surface area contributed by atoms with Gasteiger partial charge in [0.1, 0.15) is 11.2 Å². The molecule has 0 amide bonds. The summed E-state index contributed by atoms with van der Waals surface area (Å²) in [6.45, 7) is 2.40. The number of nitrogens with zero attached hydrogens (tertiary/aromatic N) is 1. The predicted molar refractivity (Wildman–Crippen MR) is 307 cm³/mol. The standard InChI is InChI=1S/C72H57NO/c1-3-48-43-54-45-49(4-2)46-55(44-48)72(54)64-33-17-16-32-63(64)71(52-23-7-5-8-24-52,53-25-9-6-10-26-53)66-47-57(41-42-65(66)72)73(67-34-19-22-50-21-11-12-28-59(50)67)56-39-37-51(38-40-56)58-27-13-14-29-60(58)61-31-20-36-69-70(61)62-30-15-18-35-68(62)74-69/h1,5-42,47-49,54-55H,4,43-46H2,2H3/t48-,49+,54+,55-,72?. The van der Waals surface area contributed by atoms with Crippen molar-refractivity contribution in [2.45, 2.75) is 49.9 Å². The molecule has 14 rings (SSSR count). The van der Waals surface area contributed by atoms with E-state index in [4.69, 9.17) is 10.8 Å². The fourth-order valence-corrected chi connectivity index (χ4v) is 14.9. The molecule has 1 aromatic heterocycles. The average molecular weight is 952 g/mol. The summed E-state index contributed by atoms with van der Waals surface area (Å²) in [5, 5.41) is 4.69. The van der Waals surface area contributed by atoms with Crippen molar-refractivity contribution in [2.75, 3.05) is 4.90 Å². The zero-order valence-electron chi connectivity index (χ0n) is 41.8. The van der Waals surface area contributed by atoms with Crippen LogP contribution < -0.4 is 4.90 Å². The molecule has 2 fully saturated rings. The summed E-state index contributed by atoms with van der Waals surface area (Å²) in [4.78, 5) is 2.52. The van der Waals surface area contributed by atoms with Gasteiger partial charge in [0.15, 0.2) is 0 Å². The number of terminal acetylenes is 1. The van der Waals surface area contributed by atoms with E-state index in [2.05, 4.69) is 248 Å². The smallest absolute Gasteiger partial charge is 0.136 e. The van der Waals surface area contributed by atoms with Crippen LogP contribution in [0.1, 0.15) is 72.4 Å². The number of fused-ring (bicyclic) bond motifs is 6. The fraction of sp³-hybridized carbons (Fsp3) is 0.167. The van der Waals surface area contributed by atoms with Gasteiger partial charge < -0.3 is 9.32 Å². The Kier molecular flexibility index (Phi) is 10.6. The summed E-state index contributed by atoms with van der Waals surface area (Å²) >= 11 is 0. The Morgan fingerprint density at radius 3 is 1.78 bits per heavy atom. The van der Waals surface area contributed by atoms with Gasteiger partial charge in [0.25, 0.3) is 0 Å². The Morgan fingerprint density at radius 2 is 1.05 bits per heavy atom. The minimum atomic E-state index is -0.613. The van der Waals surface area contributed by atoms with Crippen LogP contribution in [0.15, 0.2) is 241 Å². The van der Waals surface area contributed by atoms with E-state index in [0.29, 0.717) is 17.8 Å². The third kappa shape index (κ3) is 6.59. The second-order valence-electron chi connectivity index (χ2n) is 21.3. The lowest BCUT2D eigenvalue weighted by molar-refractivity contribution is 0.0267. The molecule has 356 valence electrons. The number of furan rings is 1. The average Bonchev–Trinajstić information content (AvgIpc) is 3.88. The second-order valence-corrected chi connectivity index (χ2v) is 21.3. The van der Waals surface area contributed by atoms with E-state index in [1.54, 1.807) is 0 Å². The summed E-state index contributed by atoms with van der Waals surface area (Å²) < 4.78 is 6.39. The van der Waals surface area contributed by atoms with Crippen molar-refractivity contribution in [2.24, 2.45) is 23.7 Å². The number of hydrogen-bond donors (Lipinski definition) is 0. The Hall–Kier alpha value is -8.38. The molecule has 2 bridgehead atoms. The van der Waals surface area contributed by atoms with Crippen molar-refractivity contribution in [1.29, 1.82) is 0 Å². The summed E-state index contributed by atoms with van der Waals surface area (Å²) in [7, 11) is 0. The third-order valence-electron chi connectivity index (χ3n) is 17.8. The van der Waals surface area contributed by atoms with Crippen molar-refractivity contribution in [3.8, 4) is 34.6 Å². The van der Waals surface area contributed by atoms with Gasteiger partial charge in [0, 0.05) is 38.9 Å². The molecule has 0 aliphatic heterocycles. The number of para-hydroxylation sites is 1. The highest BCUT2D eigenvalue weighted by Gasteiger charge is 2.61. The molecule has 2 nitrogen and oxygen atoms in total. The topological polar surface area (TPSA) is 16.4 Å². The molecule has 74 heavy (non-hydrogen) atoms. The lowest BCUT2D eigenvalue weighted by Gasteiger charge is -2.62. The summed E-state index contributed by atoms with van der Waals surface area (Å²) in [5.74, 6) is 5.12. The van der Waals surface area contributed by atoms with Crippen LogP contribution in [0.5, 0.6) is 0 Å². The Morgan fingerprint density at radius 1 is 0.486 bits per heavy atom. The highest BCUT2D eigenvalue weighted by atomic mass is 16.3. The van der Waals surface area contributed by atoms with Gasteiger partial charge in [-0.2, -0.15) is 0 Å². The summed E-state index contributed by atoms with van der Waals surface area (Å²) in [5.41, 5.74) is 17.3. The molecule has 2 saturated carbocycles. The molecule has 1 unspecified atom stereocenters. The monoisotopic (exact) mass is 951 g/mol. The number of anilines is 3. The molecule has 5 atom stereocenters. The van der Waals surface area contributed by atoms with Crippen LogP contribution in [0.4, 0.5) is 17.1 Å². The van der Waals surface area contributed by atoms with Gasteiger partial charge >= 0.3 is 0 Å². The number of benzene rings is 10. The first-order valence-electron chi connectivity index (χ1n) is 26.8. The van der Waals surface area contributed by atoms with Crippen LogP contribution in [0.25, 0.3) is 55.0 Å². The lowest BCUT2D eigenvalue weighted by Crippen LogP contribution is -2.57. The van der Waals surface area contributed by atoms with E-state index in [9.17, 15) is 0 Å². The van der Waals surface area contributed by atoms with Gasteiger partial charge in [-0.15, -0.1) is 12.3 Å². The van der Waals surface area contributed by atoms with Gasteiger partial charge in [-0.3, -0.25) is 0 Å². The Labute approximate surface area is 435 Å². The minimum Gasteiger partial charge on any atom is -0.456 e. The lowest BCUT2D eigenvalue weighted by atomic mass is 9.41. The molecule has 11 aromatic rings. The molecular formula is C72H57NO. The van der Waals surface area contributed by atoms with Crippen LogP contribution in [-0.2, 0) is 10.8 Å². The Bertz CT molecular complexity index is 3890. The first-order chi connectivity index (χ1) is 36.6. The van der Waals surface area contributed by atoms with Crippen LogP contribution in [0, 0.1) is 36.0 Å². The summed E-state index contributed by atoms with van der Waals surface area (Å²) in [6, 6.07) is 88.4. The quantitative estimate of drug-likeness (QED) is 0.141. The van der Waals surface area contributed by atoms with Crippen LogP contribution in [0.2, 0.25) is 0 Å². The van der Waals surface area contributed by atoms with Crippen LogP contribution >= 0.6 is 0 Å². The van der Waals surface area contributed by atoms with Crippen molar-refractivity contribution >= 4 is 49.8 Å². The van der Waals surface area contributed by atoms with E-state index in [-0.39, 0.29) is 11.3 Å². The molecule has 1 spiro atoms. The van der Waals surface area contributed by atoms with Crippen LogP contribution in [0.3, 0.4) is 0 Å². The van der Waals surface area contributed by atoms with E-state index < -0.39 is 5.41 Å². The van der Waals surface area contributed by atoms with Gasteiger partial charge in [0.2, 0.25) is 0 Å². The van der Waals surface area contributed by atoms with E-state index >= 15 is 0 Å². The third-order valence-corrected chi connectivity index (χ3v) is 17.8. The zero-order chi connectivity index (χ0) is 49.4. The van der Waals surface area contributed by atoms with Crippen molar-refractivity contribution in [3.63, 3.8) is 0 Å². The molecule has 10 aromatic carbocycles. The van der Waals surface area contributed by atoms with Gasteiger partial charge in [-0.25, -0.2) is 0 Å². The molecule has 3 aliphatic rings. The highest BCUT2D eigenvalue weighted by Crippen LogP contribution is 2.67. The van der Waals surface area contributed by atoms with Gasteiger partial charge in [-0.1, -0.05) is 207 Å². The maximum atomic E-state index is 6.43.